The molecule has 0 aromatic carbocycles. The molecular formula is C8H12N4OS. The molecule has 1 atom stereocenters. The van der Waals surface area contributed by atoms with Gasteiger partial charge in [-0.25, -0.2) is 4.98 Å². The Labute approximate surface area is 86.3 Å². The molecule has 1 aromatic heterocycles. The van der Waals surface area contributed by atoms with Crippen molar-refractivity contribution < 1.29 is 4.79 Å². The van der Waals surface area contributed by atoms with E-state index in [9.17, 15) is 4.79 Å². The molecule has 76 valence electrons. The number of likely N-dealkylation sites (N-methyl/N-ethyl adjacent to an activating group) is 1. The molecule has 2 rings (SSSR count). The fourth-order valence-electron chi connectivity index (χ4n) is 1.49. The lowest BCUT2D eigenvalue weighted by molar-refractivity contribution is -0.126. The number of hydrogen-bond acceptors (Lipinski definition) is 5. The van der Waals surface area contributed by atoms with Gasteiger partial charge in [0.25, 0.3) is 0 Å². The third kappa shape index (κ3) is 1.84. The number of aromatic nitrogens is 2. The van der Waals surface area contributed by atoms with Crippen molar-refractivity contribution in [2.75, 3.05) is 18.9 Å². The van der Waals surface area contributed by atoms with Crippen molar-refractivity contribution in [1.29, 1.82) is 0 Å². The van der Waals surface area contributed by atoms with Crippen LogP contribution in [-0.4, -0.2) is 39.8 Å². The summed E-state index contributed by atoms with van der Waals surface area (Å²) in [5.74, 6) is 0.957. The van der Waals surface area contributed by atoms with Gasteiger partial charge in [0.15, 0.2) is 0 Å². The molecular weight excluding hydrogens is 200 g/mol. The van der Waals surface area contributed by atoms with Crippen LogP contribution in [0.3, 0.4) is 0 Å². The molecule has 6 heteroatoms. The lowest BCUT2D eigenvalue weighted by Crippen LogP contribution is -2.24. The number of nitrogens with one attached hydrogen (secondary N) is 1. The van der Waals surface area contributed by atoms with E-state index in [0.29, 0.717) is 6.42 Å². The molecule has 0 spiro atoms. The van der Waals surface area contributed by atoms with Crippen LogP contribution in [0.15, 0.2) is 0 Å². The maximum absolute atomic E-state index is 11.2. The van der Waals surface area contributed by atoms with Gasteiger partial charge < -0.3 is 10.2 Å². The fraction of sp³-hybridized carbons (Fsp3) is 0.625. The molecule has 0 bridgehead atoms. The van der Waals surface area contributed by atoms with Crippen LogP contribution in [-0.2, 0) is 4.79 Å². The van der Waals surface area contributed by atoms with E-state index in [0.717, 1.165) is 17.5 Å². The summed E-state index contributed by atoms with van der Waals surface area (Å²) in [6, 6.07) is 0.180. The van der Waals surface area contributed by atoms with Crippen molar-refractivity contribution in [1.82, 2.24) is 14.3 Å². The lowest BCUT2D eigenvalue weighted by Gasteiger charge is -2.10. The van der Waals surface area contributed by atoms with Crippen LogP contribution >= 0.6 is 11.5 Å². The first-order valence-corrected chi connectivity index (χ1v) is 5.23. The average Bonchev–Trinajstić information content (AvgIpc) is 2.62. The molecule has 5 nitrogen and oxygen atoms in total. The molecule has 2 heterocycles. The zero-order chi connectivity index (χ0) is 10.1. The molecule has 1 aromatic rings. The summed E-state index contributed by atoms with van der Waals surface area (Å²) in [6.07, 6.45) is 0.551. The summed E-state index contributed by atoms with van der Waals surface area (Å²) < 4.78 is 4.07. The Hall–Kier alpha value is -1.17. The number of likely N-dealkylation sites (tertiary alicyclic amines) is 1. The van der Waals surface area contributed by atoms with Crippen molar-refractivity contribution in [2.24, 2.45) is 0 Å². The lowest BCUT2D eigenvalue weighted by atomic mass is 10.3. The topological polar surface area (TPSA) is 58.1 Å². The van der Waals surface area contributed by atoms with Gasteiger partial charge in [-0.15, -0.1) is 0 Å². The highest BCUT2D eigenvalue weighted by Gasteiger charge is 2.27. The zero-order valence-electron chi connectivity index (χ0n) is 8.15. The van der Waals surface area contributed by atoms with Crippen LogP contribution in [0, 0.1) is 6.92 Å². The minimum Gasteiger partial charge on any atom is -0.355 e. The van der Waals surface area contributed by atoms with Crippen LogP contribution in [0.4, 0.5) is 5.13 Å². The van der Waals surface area contributed by atoms with E-state index >= 15 is 0 Å². The highest BCUT2D eigenvalue weighted by Crippen LogP contribution is 2.17. The molecule has 0 aliphatic carbocycles. The van der Waals surface area contributed by atoms with Crippen molar-refractivity contribution in [3.8, 4) is 0 Å². The number of anilines is 1. The van der Waals surface area contributed by atoms with Crippen molar-refractivity contribution in [3.63, 3.8) is 0 Å². The molecule has 0 saturated carbocycles. The molecule has 1 N–H and O–H groups in total. The Morgan fingerprint density at radius 3 is 2.93 bits per heavy atom. The maximum Gasteiger partial charge on any atom is 0.224 e. The number of nitrogens with zero attached hydrogens (tertiary/aromatic N) is 3. The van der Waals surface area contributed by atoms with Crippen molar-refractivity contribution in [2.45, 2.75) is 19.4 Å². The van der Waals surface area contributed by atoms with Gasteiger partial charge in [0, 0.05) is 31.5 Å². The van der Waals surface area contributed by atoms with Gasteiger partial charge >= 0.3 is 0 Å². The maximum atomic E-state index is 11.2. The van der Waals surface area contributed by atoms with Crippen LogP contribution in [0.25, 0.3) is 0 Å². The average molecular weight is 212 g/mol. The molecule has 1 unspecified atom stereocenters. The summed E-state index contributed by atoms with van der Waals surface area (Å²) in [6.45, 7) is 2.60. The predicted molar refractivity (Wildman–Crippen MR) is 54.3 cm³/mol. The minimum atomic E-state index is 0.180. The summed E-state index contributed by atoms with van der Waals surface area (Å²) in [7, 11) is 1.81. The van der Waals surface area contributed by atoms with Gasteiger partial charge in [0.2, 0.25) is 11.0 Å². The molecule has 1 aliphatic heterocycles. The largest absolute Gasteiger partial charge is 0.355 e. The third-order valence-corrected chi connectivity index (χ3v) is 2.93. The monoisotopic (exact) mass is 212 g/mol. The Balaban J connectivity index is 1.96. The third-order valence-electron chi connectivity index (χ3n) is 2.20. The first kappa shape index (κ1) is 9.39. The standard InChI is InChI=1S/C8H12N4OS/c1-5-9-8(14-11-5)10-6-3-7(13)12(2)4-6/h6H,3-4H2,1-2H3,(H,9,10,11). The first-order valence-electron chi connectivity index (χ1n) is 4.46. The molecule has 14 heavy (non-hydrogen) atoms. The van der Waals surface area contributed by atoms with Gasteiger partial charge in [-0.2, -0.15) is 4.37 Å². The number of amides is 1. The highest BCUT2D eigenvalue weighted by atomic mass is 32.1. The second-order valence-electron chi connectivity index (χ2n) is 3.47. The van der Waals surface area contributed by atoms with Crippen molar-refractivity contribution in [3.05, 3.63) is 5.82 Å². The van der Waals surface area contributed by atoms with E-state index in [1.54, 1.807) is 4.90 Å². The Bertz CT molecular complexity index is 351. The quantitative estimate of drug-likeness (QED) is 0.775. The smallest absolute Gasteiger partial charge is 0.224 e. The molecule has 1 aliphatic rings. The number of carbonyl (C=O) groups is 1. The van der Waals surface area contributed by atoms with Gasteiger partial charge in [0.1, 0.15) is 5.82 Å². The molecule has 0 radical (unpaired) electrons. The molecule has 1 amide bonds. The second kappa shape index (κ2) is 3.53. The summed E-state index contributed by atoms with van der Waals surface area (Å²) in [4.78, 5) is 17.2. The van der Waals surface area contributed by atoms with Crippen LogP contribution in [0.1, 0.15) is 12.2 Å². The Kier molecular flexibility index (Phi) is 2.37. The summed E-state index contributed by atoms with van der Waals surface area (Å²) in [5.41, 5.74) is 0. The second-order valence-corrected chi connectivity index (χ2v) is 4.22. The van der Waals surface area contributed by atoms with Gasteiger partial charge in [-0.05, 0) is 6.92 Å². The van der Waals surface area contributed by atoms with Crippen LogP contribution in [0.2, 0.25) is 0 Å². The number of carbonyl (C=O) groups excluding carboxylic acids is 1. The predicted octanol–water partition coefficient (Wildman–Crippen LogP) is 0.489. The fourth-order valence-corrected chi connectivity index (χ4v) is 2.14. The number of rotatable bonds is 2. The highest BCUT2D eigenvalue weighted by molar-refractivity contribution is 7.09. The van der Waals surface area contributed by atoms with E-state index in [1.807, 2.05) is 14.0 Å². The van der Waals surface area contributed by atoms with Crippen LogP contribution < -0.4 is 5.32 Å². The SMILES string of the molecule is Cc1nsc(NC2CC(=O)N(C)C2)n1. The zero-order valence-corrected chi connectivity index (χ0v) is 8.97. The van der Waals surface area contributed by atoms with E-state index in [4.69, 9.17) is 0 Å². The summed E-state index contributed by atoms with van der Waals surface area (Å²) in [5, 5.41) is 4.01. The van der Waals surface area contributed by atoms with Crippen molar-refractivity contribution >= 4 is 22.6 Å². The Morgan fingerprint density at radius 2 is 2.43 bits per heavy atom. The van der Waals surface area contributed by atoms with Gasteiger partial charge in [0.05, 0.1) is 6.04 Å². The van der Waals surface area contributed by atoms with Gasteiger partial charge in [-0.1, -0.05) is 0 Å². The number of hydrogen-bond donors (Lipinski definition) is 1. The minimum absolute atomic E-state index is 0.180. The van der Waals surface area contributed by atoms with Gasteiger partial charge in [-0.3, -0.25) is 4.79 Å². The van der Waals surface area contributed by atoms with E-state index in [2.05, 4.69) is 14.7 Å². The molecule has 1 fully saturated rings. The van der Waals surface area contributed by atoms with E-state index < -0.39 is 0 Å². The normalized spacial score (nSPS) is 21.7. The van der Waals surface area contributed by atoms with Crippen LogP contribution in [0.5, 0.6) is 0 Å². The van der Waals surface area contributed by atoms with E-state index in [1.165, 1.54) is 11.5 Å². The van der Waals surface area contributed by atoms with E-state index in [-0.39, 0.29) is 11.9 Å². The number of aryl methyl sites for hydroxylation is 1. The first-order chi connectivity index (χ1) is 6.65. The Morgan fingerprint density at radius 1 is 1.64 bits per heavy atom. The molecule has 1 saturated heterocycles. The summed E-state index contributed by atoms with van der Waals surface area (Å²) >= 11 is 1.34.